The lowest BCUT2D eigenvalue weighted by Crippen LogP contribution is -2.41. The van der Waals surface area contributed by atoms with Crippen molar-refractivity contribution in [2.24, 2.45) is 5.10 Å². The molecule has 0 unspecified atom stereocenters. The number of nitrogens with one attached hydrogen (secondary N) is 2. The maximum absolute atomic E-state index is 13.2. The van der Waals surface area contributed by atoms with E-state index >= 15 is 0 Å². The average molecular weight is 355 g/mol. The zero-order chi connectivity index (χ0) is 17.5. The van der Waals surface area contributed by atoms with Crippen LogP contribution in [0.2, 0.25) is 0 Å². The Kier molecular flexibility index (Phi) is 6.12. The molecular formula is C20H22FN3S. The Bertz CT molecular complexity index is 722. The topological polar surface area (TPSA) is 36.4 Å². The van der Waals surface area contributed by atoms with Crippen molar-refractivity contribution >= 4 is 23.0 Å². The Morgan fingerprint density at radius 3 is 2.24 bits per heavy atom. The molecule has 0 radical (unpaired) electrons. The van der Waals surface area contributed by atoms with Crippen LogP contribution >= 0.6 is 12.2 Å². The maximum Gasteiger partial charge on any atom is 0.187 e. The van der Waals surface area contributed by atoms with Crippen LogP contribution in [-0.2, 0) is 0 Å². The highest BCUT2D eigenvalue weighted by molar-refractivity contribution is 7.80. The van der Waals surface area contributed by atoms with E-state index in [4.69, 9.17) is 12.2 Å². The molecular weight excluding hydrogens is 333 g/mol. The van der Waals surface area contributed by atoms with E-state index in [0.29, 0.717) is 11.2 Å². The molecule has 1 fully saturated rings. The summed E-state index contributed by atoms with van der Waals surface area (Å²) >= 11 is 5.38. The second kappa shape index (κ2) is 8.72. The summed E-state index contributed by atoms with van der Waals surface area (Å²) < 4.78 is 13.2. The normalized spacial score (nSPS) is 15.6. The third kappa shape index (κ3) is 5.10. The molecule has 0 bridgehead atoms. The van der Waals surface area contributed by atoms with E-state index in [-0.39, 0.29) is 5.82 Å². The van der Waals surface area contributed by atoms with Crippen LogP contribution in [0.3, 0.4) is 0 Å². The van der Waals surface area contributed by atoms with Gasteiger partial charge < -0.3 is 5.32 Å². The van der Waals surface area contributed by atoms with E-state index in [9.17, 15) is 4.39 Å². The Morgan fingerprint density at radius 2 is 1.56 bits per heavy atom. The first-order valence-corrected chi connectivity index (χ1v) is 9.09. The second-order valence-electron chi connectivity index (χ2n) is 6.25. The van der Waals surface area contributed by atoms with Crippen LogP contribution < -0.4 is 10.7 Å². The van der Waals surface area contributed by atoms with Crippen LogP contribution in [0.25, 0.3) is 0 Å². The molecule has 1 aliphatic carbocycles. The lowest BCUT2D eigenvalue weighted by atomic mass is 9.96. The number of hydrogen-bond acceptors (Lipinski definition) is 2. The van der Waals surface area contributed by atoms with Gasteiger partial charge in [0.15, 0.2) is 5.11 Å². The number of benzene rings is 2. The van der Waals surface area contributed by atoms with Gasteiger partial charge in [0, 0.05) is 17.2 Å². The molecule has 0 spiro atoms. The van der Waals surface area contributed by atoms with Crippen molar-refractivity contribution in [1.82, 2.24) is 10.7 Å². The number of halogens is 1. The summed E-state index contributed by atoms with van der Waals surface area (Å²) in [6.07, 6.45) is 6.09. The van der Waals surface area contributed by atoms with Gasteiger partial charge in [0.1, 0.15) is 5.82 Å². The van der Waals surface area contributed by atoms with Crippen LogP contribution in [0, 0.1) is 5.82 Å². The molecule has 2 aromatic rings. The van der Waals surface area contributed by atoms with Crippen LogP contribution in [0.4, 0.5) is 4.39 Å². The predicted octanol–water partition coefficient (Wildman–Crippen LogP) is 4.37. The number of nitrogens with zero attached hydrogens (tertiary/aromatic N) is 1. The summed E-state index contributed by atoms with van der Waals surface area (Å²) in [5.74, 6) is -0.265. The maximum atomic E-state index is 13.2. The van der Waals surface area contributed by atoms with Gasteiger partial charge in [-0.25, -0.2) is 4.39 Å². The van der Waals surface area contributed by atoms with Gasteiger partial charge >= 0.3 is 0 Å². The summed E-state index contributed by atoms with van der Waals surface area (Å²) in [5.41, 5.74) is 5.47. The zero-order valence-electron chi connectivity index (χ0n) is 14.0. The Balaban J connectivity index is 1.75. The molecule has 1 saturated carbocycles. The third-order valence-electron chi connectivity index (χ3n) is 4.37. The number of hydrazone groups is 1. The smallest absolute Gasteiger partial charge is 0.187 e. The van der Waals surface area contributed by atoms with Gasteiger partial charge in [0.05, 0.1) is 5.71 Å². The SMILES string of the molecule is Fc1ccc(/C(=N/NC(=S)NC2CCCCC2)c2ccccc2)cc1. The molecule has 130 valence electrons. The lowest BCUT2D eigenvalue weighted by Gasteiger charge is -2.23. The van der Waals surface area contributed by atoms with Gasteiger partial charge in [-0.3, -0.25) is 5.43 Å². The minimum atomic E-state index is -0.265. The lowest BCUT2D eigenvalue weighted by molar-refractivity contribution is 0.412. The van der Waals surface area contributed by atoms with Crippen LogP contribution in [0.15, 0.2) is 59.7 Å². The Labute approximate surface area is 153 Å². The van der Waals surface area contributed by atoms with E-state index in [1.807, 2.05) is 30.3 Å². The average Bonchev–Trinajstić information content (AvgIpc) is 2.65. The van der Waals surface area contributed by atoms with Crippen molar-refractivity contribution in [3.05, 3.63) is 71.5 Å². The molecule has 3 nitrogen and oxygen atoms in total. The van der Waals surface area contributed by atoms with Crippen molar-refractivity contribution in [1.29, 1.82) is 0 Å². The van der Waals surface area contributed by atoms with Gasteiger partial charge in [-0.05, 0) is 49.3 Å². The highest BCUT2D eigenvalue weighted by Gasteiger charge is 2.14. The largest absolute Gasteiger partial charge is 0.359 e. The highest BCUT2D eigenvalue weighted by atomic mass is 32.1. The van der Waals surface area contributed by atoms with E-state index < -0.39 is 0 Å². The molecule has 3 rings (SSSR count). The summed E-state index contributed by atoms with van der Waals surface area (Å²) in [6, 6.07) is 16.5. The first-order chi connectivity index (χ1) is 12.2. The number of thiocarbonyl (C=S) groups is 1. The fourth-order valence-corrected chi connectivity index (χ4v) is 3.28. The second-order valence-corrected chi connectivity index (χ2v) is 6.66. The molecule has 2 N–H and O–H groups in total. The number of rotatable bonds is 4. The standard InChI is InChI=1S/C20H22FN3S/c21-17-13-11-16(12-14-17)19(15-7-3-1-4-8-15)23-24-20(25)22-18-9-5-2-6-10-18/h1,3-4,7-8,11-14,18H,2,5-6,9-10H2,(H2,22,24,25)/b23-19+. The molecule has 1 aliphatic rings. The molecule has 5 heteroatoms. The van der Waals surface area contributed by atoms with Crippen molar-refractivity contribution in [3.8, 4) is 0 Å². The predicted molar refractivity (Wildman–Crippen MR) is 104 cm³/mol. The van der Waals surface area contributed by atoms with Crippen LogP contribution in [0.1, 0.15) is 43.2 Å². The van der Waals surface area contributed by atoms with Gasteiger partial charge in [0.25, 0.3) is 0 Å². The summed E-state index contributed by atoms with van der Waals surface area (Å²) in [4.78, 5) is 0. The molecule has 0 saturated heterocycles. The molecule has 0 aromatic heterocycles. The van der Waals surface area contributed by atoms with E-state index in [0.717, 1.165) is 29.7 Å². The van der Waals surface area contributed by atoms with Gasteiger partial charge in [-0.2, -0.15) is 5.10 Å². The quantitative estimate of drug-likeness (QED) is 0.486. The molecule has 0 atom stereocenters. The fraction of sp³-hybridized carbons (Fsp3) is 0.300. The number of hydrogen-bond donors (Lipinski definition) is 2. The van der Waals surface area contributed by atoms with Crippen molar-refractivity contribution < 1.29 is 4.39 Å². The van der Waals surface area contributed by atoms with E-state index in [1.165, 1.54) is 31.4 Å². The van der Waals surface area contributed by atoms with Gasteiger partial charge in [-0.1, -0.05) is 49.6 Å². The van der Waals surface area contributed by atoms with Crippen molar-refractivity contribution in [2.75, 3.05) is 0 Å². The van der Waals surface area contributed by atoms with Crippen molar-refractivity contribution in [3.63, 3.8) is 0 Å². The molecule has 25 heavy (non-hydrogen) atoms. The fourth-order valence-electron chi connectivity index (χ4n) is 3.07. The summed E-state index contributed by atoms with van der Waals surface area (Å²) in [5, 5.41) is 8.37. The minimum absolute atomic E-state index is 0.265. The highest BCUT2D eigenvalue weighted by Crippen LogP contribution is 2.17. The first kappa shape index (κ1) is 17.5. The Morgan fingerprint density at radius 1 is 0.920 bits per heavy atom. The summed E-state index contributed by atoms with van der Waals surface area (Å²) in [6.45, 7) is 0. The van der Waals surface area contributed by atoms with Crippen LogP contribution in [0.5, 0.6) is 0 Å². The van der Waals surface area contributed by atoms with Crippen molar-refractivity contribution in [2.45, 2.75) is 38.1 Å². The van der Waals surface area contributed by atoms with E-state index in [1.54, 1.807) is 12.1 Å². The molecule has 0 aliphatic heterocycles. The van der Waals surface area contributed by atoms with Crippen LogP contribution in [-0.4, -0.2) is 16.9 Å². The third-order valence-corrected chi connectivity index (χ3v) is 4.58. The Hall–Kier alpha value is -2.27. The van der Waals surface area contributed by atoms with Gasteiger partial charge in [-0.15, -0.1) is 0 Å². The van der Waals surface area contributed by atoms with E-state index in [2.05, 4.69) is 15.8 Å². The molecule has 0 heterocycles. The molecule has 0 amide bonds. The molecule has 2 aromatic carbocycles. The monoisotopic (exact) mass is 355 g/mol. The minimum Gasteiger partial charge on any atom is -0.359 e. The summed E-state index contributed by atoms with van der Waals surface area (Å²) in [7, 11) is 0. The van der Waals surface area contributed by atoms with Gasteiger partial charge in [0.2, 0.25) is 0 Å². The first-order valence-electron chi connectivity index (χ1n) is 8.68. The zero-order valence-corrected chi connectivity index (χ0v) is 14.9.